The molecule has 2 rings (SSSR count). The van der Waals surface area contributed by atoms with Gasteiger partial charge in [0.1, 0.15) is 0 Å². The van der Waals surface area contributed by atoms with Gasteiger partial charge in [-0.3, -0.25) is 4.79 Å². The van der Waals surface area contributed by atoms with Gasteiger partial charge in [-0.1, -0.05) is 6.92 Å². The lowest BCUT2D eigenvalue weighted by molar-refractivity contribution is -0.144. The van der Waals surface area contributed by atoms with E-state index in [9.17, 15) is 9.59 Å². The lowest BCUT2D eigenvalue weighted by Gasteiger charge is -2.42. The van der Waals surface area contributed by atoms with Crippen LogP contribution in [0.2, 0.25) is 0 Å². The van der Waals surface area contributed by atoms with Gasteiger partial charge in [-0.2, -0.15) is 0 Å². The third kappa shape index (κ3) is 2.43. The number of nitrogens with zero attached hydrogens (tertiary/aromatic N) is 2. The molecule has 2 saturated heterocycles. The number of aliphatic carboxylic acids is 1. The standard InChI is InChI=1S/C12H21N3O3/c1-8(11(16)17)10-6-15(7-10)12(18)14-3-2-9(4-13)5-14/h8-10H,2-7,13H2,1H3,(H,16,17). The molecule has 0 saturated carbocycles. The van der Waals surface area contributed by atoms with E-state index in [1.54, 1.807) is 11.8 Å². The van der Waals surface area contributed by atoms with Crippen molar-refractivity contribution in [1.82, 2.24) is 9.80 Å². The first-order chi connectivity index (χ1) is 8.52. The summed E-state index contributed by atoms with van der Waals surface area (Å²) in [5.41, 5.74) is 5.60. The van der Waals surface area contributed by atoms with Gasteiger partial charge >= 0.3 is 12.0 Å². The summed E-state index contributed by atoms with van der Waals surface area (Å²) < 4.78 is 0. The molecule has 0 aromatic rings. The minimum absolute atomic E-state index is 0.0415. The molecule has 2 aliphatic heterocycles. The van der Waals surface area contributed by atoms with Crippen molar-refractivity contribution in [3.63, 3.8) is 0 Å². The topological polar surface area (TPSA) is 86.9 Å². The van der Waals surface area contributed by atoms with Crippen molar-refractivity contribution in [2.75, 3.05) is 32.7 Å². The maximum atomic E-state index is 12.1. The molecule has 0 aromatic heterocycles. The lowest BCUT2D eigenvalue weighted by atomic mass is 9.87. The Kier molecular flexibility index (Phi) is 3.75. The molecule has 102 valence electrons. The predicted octanol–water partition coefficient (Wildman–Crippen LogP) is 0.0395. The Labute approximate surface area is 107 Å². The third-order valence-electron chi connectivity index (χ3n) is 4.17. The van der Waals surface area contributed by atoms with Gasteiger partial charge in [-0.05, 0) is 18.9 Å². The van der Waals surface area contributed by atoms with Crippen LogP contribution in [0.25, 0.3) is 0 Å². The van der Waals surface area contributed by atoms with E-state index >= 15 is 0 Å². The van der Waals surface area contributed by atoms with Gasteiger partial charge in [0.05, 0.1) is 5.92 Å². The van der Waals surface area contributed by atoms with Crippen molar-refractivity contribution in [1.29, 1.82) is 0 Å². The van der Waals surface area contributed by atoms with Crippen LogP contribution in [0.4, 0.5) is 4.79 Å². The minimum Gasteiger partial charge on any atom is -0.481 e. The monoisotopic (exact) mass is 255 g/mol. The second-order valence-electron chi connectivity index (χ2n) is 5.41. The highest BCUT2D eigenvalue weighted by Crippen LogP contribution is 2.26. The smallest absolute Gasteiger partial charge is 0.320 e. The van der Waals surface area contributed by atoms with Gasteiger partial charge < -0.3 is 20.6 Å². The van der Waals surface area contributed by atoms with Crippen molar-refractivity contribution in [3.05, 3.63) is 0 Å². The first kappa shape index (κ1) is 13.1. The Morgan fingerprint density at radius 1 is 1.33 bits per heavy atom. The van der Waals surface area contributed by atoms with Gasteiger partial charge in [-0.15, -0.1) is 0 Å². The van der Waals surface area contributed by atoms with Gasteiger partial charge in [-0.25, -0.2) is 4.79 Å². The Balaban J connectivity index is 1.78. The highest BCUT2D eigenvalue weighted by Gasteiger charge is 2.39. The van der Waals surface area contributed by atoms with Crippen molar-refractivity contribution in [2.45, 2.75) is 13.3 Å². The van der Waals surface area contributed by atoms with E-state index in [0.29, 0.717) is 25.6 Å². The summed E-state index contributed by atoms with van der Waals surface area (Å²) in [7, 11) is 0. The highest BCUT2D eigenvalue weighted by atomic mass is 16.4. The molecule has 0 aromatic carbocycles. The largest absolute Gasteiger partial charge is 0.481 e. The molecule has 2 atom stereocenters. The Hall–Kier alpha value is -1.30. The van der Waals surface area contributed by atoms with Crippen molar-refractivity contribution in [2.24, 2.45) is 23.5 Å². The molecule has 0 radical (unpaired) electrons. The van der Waals surface area contributed by atoms with E-state index in [-0.39, 0.29) is 17.9 Å². The number of carbonyl (C=O) groups is 2. The molecule has 2 unspecified atom stereocenters. The third-order valence-corrected chi connectivity index (χ3v) is 4.17. The van der Waals surface area contributed by atoms with Crippen molar-refractivity contribution >= 4 is 12.0 Å². The number of rotatable bonds is 3. The highest BCUT2D eigenvalue weighted by molar-refractivity contribution is 5.76. The molecule has 6 heteroatoms. The lowest BCUT2D eigenvalue weighted by Crippen LogP contribution is -2.57. The van der Waals surface area contributed by atoms with E-state index in [1.165, 1.54) is 0 Å². The van der Waals surface area contributed by atoms with Gasteiger partial charge in [0, 0.05) is 32.1 Å². The number of urea groups is 1. The average molecular weight is 255 g/mol. The van der Waals surface area contributed by atoms with Crippen LogP contribution in [0.15, 0.2) is 0 Å². The molecule has 2 amide bonds. The number of carbonyl (C=O) groups excluding carboxylic acids is 1. The molecule has 2 aliphatic rings. The Bertz CT molecular complexity index is 341. The maximum absolute atomic E-state index is 12.1. The zero-order valence-electron chi connectivity index (χ0n) is 10.7. The molecule has 2 fully saturated rings. The summed E-state index contributed by atoms with van der Waals surface area (Å²) >= 11 is 0. The average Bonchev–Trinajstić information content (AvgIpc) is 2.74. The predicted molar refractivity (Wildman–Crippen MR) is 66.0 cm³/mol. The number of carboxylic acids is 1. The molecule has 2 heterocycles. The van der Waals surface area contributed by atoms with Crippen LogP contribution in [0, 0.1) is 17.8 Å². The van der Waals surface area contributed by atoms with Gasteiger partial charge in [0.15, 0.2) is 0 Å². The van der Waals surface area contributed by atoms with Crippen LogP contribution >= 0.6 is 0 Å². The van der Waals surface area contributed by atoms with E-state index in [1.807, 2.05) is 4.90 Å². The van der Waals surface area contributed by atoms with Gasteiger partial charge in [0.2, 0.25) is 0 Å². The molecule has 0 aliphatic carbocycles. The molecule has 0 spiro atoms. The molecule has 3 N–H and O–H groups in total. The van der Waals surface area contributed by atoms with Crippen molar-refractivity contribution in [3.8, 4) is 0 Å². The van der Waals surface area contributed by atoms with Crippen LogP contribution in [0.1, 0.15) is 13.3 Å². The SMILES string of the molecule is CC(C(=O)O)C1CN(C(=O)N2CCC(CN)C2)C1. The van der Waals surface area contributed by atoms with Crippen LogP contribution in [-0.4, -0.2) is 59.6 Å². The van der Waals surface area contributed by atoms with Crippen LogP contribution in [-0.2, 0) is 4.79 Å². The van der Waals surface area contributed by atoms with Crippen LogP contribution in [0.3, 0.4) is 0 Å². The summed E-state index contributed by atoms with van der Waals surface area (Å²) in [6.07, 6.45) is 0.977. The zero-order chi connectivity index (χ0) is 13.3. The molecule has 0 bridgehead atoms. The summed E-state index contributed by atoms with van der Waals surface area (Å²) in [6.45, 7) is 4.98. The number of hydrogen-bond acceptors (Lipinski definition) is 3. The molecule has 18 heavy (non-hydrogen) atoms. The molecular weight excluding hydrogens is 234 g/mol. The molecule has 6 nitrogen and oxygen atoms in total. The van der Waals surface area contributed by atoms with Crippen LogP contribution in [0.5, 0.6) is 0 Å². The van der Waals surface area contributed by atoms with E-state index in [4.69, 9.17) is 10.8 Å². The quantitative estimate of drug-likeness (QED) is 0.745. The fourth-order valence-electron chi connectivity index (χ4n) is 2.59. The van der Waals surface area contributed by atoms with E-state index in [2.05, 4.69) is 0 Å². The Morgan fingerprint density at radius 3 is 2.50 bits per heavy atom. The number of nitrogens with two attached hydrogens (primary N) is 1. The summed E-state index contributed by atoms with van der Waals surface area (Å²) in [4.78, 5) is 26.5. The van der Waals surface area contributed by atoms with E-state index < -0.39 is 5.97 Å². The summed E-state index contributed by atoms with van der Waals surface area (Å²) in [5, 5.41) is 8.89. The number of hydrogen-bond donors (Lipinski definition) is 2. The van der Waals surface area contributed by atoms with Crippen LogP contribution < -0.4 is 5.73 Å². The number of carboxylic acid groups (broad SMARTS) is 1. The minimum atomic E-state index is -0.781. The zero-order valence-corrected chi connectivity index (χ0v) is 10.7. The first-order valence-corrected chi connectivity index (χ1v) is 6.49. The first-order valence-electron chi connectivity index (χ1n) is 6.49. The number of likely N-dealkylation sites (tertiary alicyclic amines) is 2. The maximum Gasteiger partial charge on any atom is 0.320 e. The summed E-state index contributed by atoms with van der Waals surface area (Å²) in [5.74, 6) is -0.635. The fraction of sp³-hybridized carbons (Fsp3) is 0.833. The Morgan fingerprint density at radius 2 is 2.00 bits per heavy atom. The van der Waals surface area contributed by atoms with E-state index in [0.717, 1.165) is 19.5 Å². The fourth-order valence-corrected chi connectivity index (χ4v) is 2.59. The van der Waals surface area contributed by atoms with Gasteiger partial charge in [0.25, 0.3) is 0 Å². The second kappa shape index (κ2) is 5.14. The normalized spacial score (nSPS) is 26.0. The van der Waals surface area contributed by atoms with Crippen molar-refractivity contribution < 1.29 is 14.7 Å². The molecular formula is C12H21N3O3. The summed E-state index contributed by atoms with van der Waals surface area (Å²) in [6, 6.07) is 0.0415. The second-order valence-corrected chi connectivity index (χ2v) is 5.41. The number of amides is 2.